The molecule has 4 heteroatoms. The van der Waals surface area contributed by atoms with Crippen molar-refractivity contribution >= 4 is 5.97 Å². The van der Waals surface area contributed by atoms with Gasteiger partial charge in [0.2, 0.25) is 0 Å². The molecular weight excluding hydrogens is 192 g/mol. The lowest BCUT2D eigenvalue weighted by Crippen LogP contribution is -2.54. The maximum Gasteiger partial charge on any atom is 0.325 e. The van der Waals surface area contributed by atoms with Gasteiger partial charge >= 0.3 is 5.97 Å². The predicted molar refractivity (Wildman–Crippen MR) is 59.5 cm³/mol. The van der Waals surface area contributed by atoms with Crippen LogP contribution in [0.25, 0.3) is 0 Å². The number of rotatable bonds is 6. The molecule has 0 saturated carbocycles. The largest absolute Gasteiger partial charge is 0.480 e. The van der Waals surface area contributed by atoms with E-state index in [2.05, 4.69) is 12.3 Å². The van der Waals surface area contributed by atoms with Gasteiger partial charge in [0.15, 0.2) is 0 Å². The second-order valence-corrected chi connectivity index (χ2v) is 4.45. The van der Waals surface area contributed by atoms with E-state index in [1.807, 2.05) is 5.01 Å². The van der Waals surface area contributed by atoms with Crippen LogP contribution in [0, 0.1) is 0 Å². The number of hydrogen-bond donors (Lipinski definition) is 2. The summed E-state index contributed by atoms with van der Waals surface area (Å²) in [5.41, 5.74) is 2.54. The van der Waals surface area contributed by atoms with Crippen molar-refractivity contribution in [2.75, 3.05) is 13.1 Å². The van der Waals surface area contributed by atoms with Crippen LogP contribution in [0.2, 0.25) is 0 Å². The highest BCUT2D eigenvalue weighted by Crippen LogP contribution is 2.27. The Morgan fingerprint density at radius 2 is 2.27 bits per heavy atom. The molecule has 1 heterocycles. The molecule has 1 fully saturated rings. The van der Waals surface area contributed by atoms with E-state index in [-0.39, 0.29) is 0 Å². The average Bonchev–Trinajstić information content (AvgIpc) is 2.56. The number of hydrogen-bond acceptors (Lipinski definition) is 3. The minimum atomic E-state index is -0.719. The van der Waals surface area contributed by atoms with Crippen molar-refractivity contribution in [3.05, 3.63) is 0 Å². The number of nitrogens with one attached hydrogen (secondary N) is 1. The molecule has 0 unspecified atom stereocenters. The lowest BCUT2D eigenvalue weighted by molar-refractivity contribution is -0.150. The van der Waals surface area contributed by atoms with E-state index in [1.54, 1.807) is 6.92 Å². The molecule has 15 heavy (non-hydrogen) atoms. The van der Waals surface area contributed by atoms with Crippen molar-refractivity contribution in [3.63, 3.8) is 0 Å². The number of carboxylic acids is 1. The third-order valence-corrected chi connectivity index (χ3v) is 3.18. The summed E-state index contributed by atoms with van der Waals surface area (Å²) in [5, 5.41) is 11.1. The van der Waals surface area contributed by atoms with Crippen molar-refractivity contribution in [2.24, 2.45) is 0 Å². The van der Waals surface area contributed by atoms with E-state index in [9.17, 15) is 4.79 Å². The summed E-state index contributed by atoms with van der Waals surface area (Å²) >= 11 is 0. The van der Waals surface area contributed by atoms with Crippen LogP contribution in [-0.4, -0.2) is 34.7 Å². The molecule has 1 saturated heterocycles. The van der Waals surface area contributed by atoms with Gasteiger partial charge < -0.3 is 5.11 Å². The average molecular weight is 214 g/mol. The lowest BCUT2D eigenvalue weighted by atomic mass is 10.0. The first-order valence-corrected chi connectivity index (χ1v) is 5.86. The minimum absolute atomic E-state index is 0.702. The van der Waals surface area contributed by atoms with Gasteiger partial charge in [-0.05, 0) is 26.2 Å². The molecule has 0 spiro atoms. The zero-order valence-electron chi connectivity index (χ0n) is 9.75. The summed E-state index contributed by atoms with van der Waals surface area (Å²) in [6, 6.07) is 0. The third kappa shape index (κ3) is 2.92. The maximum atomic E-state index is 11.1. The van der Waals surface area contributed by atoms with Gasteiger partial charge in [-0.1, -0.05) is 19.8 Å². The molecular formula is C11H22N2O2. The highest BCUT2D eigenvalue weighted by atomic mass is 16.4. The van der Waals surface area contributed by atoms with Gasteiger partial charge in [0.25, 0.3) is 0 Å². The summed E-state index contributed by atoms with van der Waals surface area (Å²) in [5.74, 6) is -0.719. The van der Waals surface area contributed by atoms with E-state index in [0.717, 1.165) is 32.4 Å². The molecule has 1 aliphatic heterocycles. The molecule has 0 aromatic rings. The lowest BCUT2D eigenvalue weighted by Gasteiger charge is -2.31. The Kier molecular flexibility index (Phi) is 4.54. The molecule has 1 atom stereocenters. The van der Waals surface area contributed by atoms with E-state index >= 15 is 0 Å². The van der Waals surface area contributed by atoms with E-state index in [1.165, 1.54) is 12.8 Å². The number of carbonyl (C=O) groups is 1. The SMILES string of the molecule is CCCCCNN1CCC[C@]1(C)C(=O)O. The van der Waals surface area contributed by atoms with E-state index in [0.29, 0.717) is 0 Å². The third-order valence-electron chi connectivity index (χ3n) is 3.18. The fourth-order valence-electron chi connectivity index (χ4n) is 2.03. The van der Waals surface area contributed by atoms with Gasteiger partial charge in [0, 0.05) is 13.1 Å². The van der Waals surface area contributed by atoms with Crippen LogP contribution in [0.3, 0.4) is 0 Å². The van der Waals surface area contributed by atoms with Crippen molar-refractivity contribution in [1.82, 2.24) is 10.4 Å². The molecule has 0 aromatic carbocycles. The number of hydrazine groups is 1. The minimum Gasteiger partial charge on any atom is -0.480 e. The Balaban J connectivity index is 2.37. The quantitative estimate of drug-likeness (QED) is 0.660. The van der Waals surface area contributed by atoms with Gasteiger partial charge in [-0.15, -0.1) is 0 Å². The molecule has 0 aromatic heterocycles. The second kappa shape index (κ2) is 5.47. The van der Waals surface area contributed by atoms with Crippen molar-refractivity contribution < 1.29 is 9.90 Å². The van der Waals surface area contributed by atoms with Crippen LogP contribution >= 0.6 is 0 Å². The van der Waals surface area contributed by atoms with Crippen LogP contribution in [-0.2, 0) is 4.79 Å². The smallest absolute Gasteiger partial charge is 0.325 e. The van der Waals surface area contributed by atoms with Crippen LogP contribution in [0.5, 0.6) is 0 Å². The monoisotopic (exact) mass is 214 g/mol. The summed E-state index contributed by atoms with van der Waals surface area (Å²) in [6.07, 6.45) is 5.21. The number of carboxylic acid groups (broad SMARTS) is 1. The standard InChI is InChI=1S/C11H22N2O2/c1-3-4-5-8-12-13-9-6-7-11(13,2)10(14)15/h12H,3-9H2,1-2H3,(H,14,15)/t11-/m1/s1. The van der Waals surface area contributed by atoms with Gasteiger partial charge in [-0.2, -0.15) is 0 Å². The molecule has 2 N–H and O–H groups in total. The number of nitrogens with zero attached hydrogens (tertiary/aromatic N) is 1. The fraction of sp³-hybridized carbons (Fsp3) is 0.909. The van der Waals surface area contributed by atoms with Gasteiger partial charge in [0.1, 0.15) is 5.54 Å². The van der Waals surface area contributed by atoms with Crippen molar-refractivity contribution in [2.45, 2.75) is 51.5 Å². The highest BCUT2D eigenvalue weighted by molar-refractivity contribution is 5.78. The predicted octanol–water partition coefficient (Wildman–Crippen LogP) is 1.62. The van der Waals surface area contributed by atoms with Gasteiger partial charge in [-0.25, -0.2) is 5.01 Å². The van der Waals surface area contributed by atoms with Crippen LogP contribution in [0.1, 0.15) is 46.0 Å². The molecule has 0 aliphatic carbocycles. The van der Waals surface area contributed by atoms with E-state index < -0.39 is 11.5 Å². The van der Waals surface area contributed by atoms with Gasteiger partial charge in [0.05, 0.1) is 0 Å². The Bertz CT molecular complexity index is 221. The Morgan fingerprint density at radius 3 is 2.87 bits per heavy atom. The molecule has 1 rings (SSSR count). The first-order valence-electron chi connectivity index (χ1n) is 5.86. The summed E-state index contributed by atoms with van der Waals surface area (Å²) in [7, 11) is 0. The van der Waals surface area contributed by atoms with Crippen LogP contribution in [0.15, 0.2) is 0 Å². The number of unbranched alkanes of at least 4 members (excludes halogenated alkanes) is 2. The first kappa shape index (κ1) is 12.5. The molecule has 88 valence electrons. The van der Waals surface area contributed by atoms with E-state index in [4.69, 9.17) is 5.11 Å². The molecule has 0 bridgehead atoms. The van der Waals surface area contributed by atoms with Gasteiger partial charge in [-0.3, -0.25) is 10.2 Å². The Morgan fingerprint density at radius 1 is 1.53 bits per heavy atom. The maximum absolute atomic E-state index is 11.1. The Hall–Kier alpha value is -0.610. The van der Waals surface area contributed by atoms with Crippen molar-refractivity contribution in [1.29, 1.82) is 0 Å². The zero-order valence-corrected chi connectivity index (χ0v) is 9.75. The first-order chi connectivity index (χ1) is 7.11. The van der Waals surface area contributed by atoms with Crippen molar-refractivity contribution in [3.8, 4) is 0 Å². The highest BCUT2D eigenvalue weighted by Gasteiger charge is 2.43. The summed E-state index contributed by atoms with van der Waals surface area (Å²) < 4.78 is 0. The second-order valence-electron chi connectivity index (χ2n) is 4.45. The zero-order chi connectivity index (χ0) is 11.3. The van der Waals surface area contributed by atoms with Crippen LogP contribution < -0.4 is 5.43 Å². The summed E-state index contributed by atoms with van der Waals surface area (Å²) in [6.45, 7) is 5.69. The fourth-order valence-corrected chi connectivity index (χ4v) is 2.03. The summed E-state index contributed by atoms with van der Waals surface area (Å²) in [4.78, 5) is 11.1. The van der Waals surface area contributed by atoms with Crippen LogP contribution in [0.4, 0.5) is 0 Å². The molecule has 4 nitrogen and oxygen atoms in total. The topological polar surface area (TPSA) is 52.6 Å². The number of aliphatic carboxylic acids is 1. The Labute approximate surface area is 91.6 Å². The normalized spacial score (nSPS) is 27.1. The molecule has 1 aliphatic rings. The molecule has 0 radical (unpaired) electrons. The molecule has 0 amide bonds.